The van der Waals surface area contributed by atoms with Gasteiger partial charge in [0.2, 0.25) is 17.7 Å². The molecule has 3 aromatic rings. The minimum absolute atomic E-state index is 0.0306. The minimum atomic E-state index is -2.78. The topological polar surface area (TPSA) is 106 Å². The highest BCUT2D eigenvalue weighted by Gasteiger charge is 2.27. The van der Waals surface area contributed by atoms with Crippen molar-refractivity contribution in [2.24, 2.45) is 5.92 Å². The van der Waals surface area contributed by atoms with Gasteiger partial charge in [0.25, 0.3) is 6.43 Å². The number of amides is 1. The van der Waals surface area contributed by atoms with Crippen LogP contribution in [0.25, 0.3) is 16.9 Å². The number of anilines is 1. The largest absolute Gasteiger partial charge is 0.474 e. The Labute approximate surface area is 231 Å². The predicted octanol–water partition coefficient (Wildman–Crippen LogP) is 3.40. The Morgan fingerprint density at radius 3 is 2.58 bits per heavy atom. The van der Waals surface area contributed by atoms with Gasteiger partial charge in [-0.25, -0.2) is 13.8 Å². The molecule has 2 aromatic heterocycles. The number of carbonyl (C=O) groups is 1. The SMILES string of the molecule is O=C(CNCC1CC1)NC1CCC(Oc2cc(-n3c(C(F)F)nc4ccccc43)nc(N3CCOCC3)n2)CC1. The molecule has 10 nitrogen and oxygen atoms in total. The number of fused-ring (bicyclic) bond motifs is 1. The summed E-state index contributed by atoms with van der Waals surface area (Å²) in [6, 6.07) is 8.75. The summed E-state index contributed by atoms with van der Waals surface area (Å²) in [5, 5.41) is 6.36. The molecule has 0 radical (unpaired) electrons. The number of alkyl halides is 2. The Morgan fingerprint density at radius 2 is 1.82 bits per heavy atom. The molecule has 3 aliphatic rings. The van der Waals surface area contributed by atoms with Gasteiger partial charge in [0, 0.05) is 25.2 Å². The molecule has 0 unspecified atom stereocenters. The van der Waals surface area contributed by atoms with E-state index in [1.807, 2.05) is 4.90 Å². The molecule has 214 valence electrons. The molecule has 1 amide bonds. The Hall–Kier alpha value is -3.38. The van der Waals surface area contributed by atoms with Crippen molar-refractivity contribution in [2.75, 3.05) is 44.3 Å². The zero-order valence-corrected chi connectivity index (χ0v) is 22.4. The number of carbonyl (C=O) groups excluding carboxylic acids is 1. The van der Waals surface area contributed by atoms with Gasteiger partial charge in [-0.15, -0.1) is 0 Å². The van der Waals surface area contributed by atoms with Crippen molar-refractivity contribution in [1.82, 2.24) is 30.2 Å². The van der Waals surface area contributed by atoms with Gasteiger partial charge in [0.15, 0.2) is 5.82 Å². The van der Waals surface area contributed by atoms with Gasteiger partial charge < -0.3 is 25.0 Å². The summed E-state index contributed by atoms with van der Waals surface area (Å²) < 4.78 is 41.4. The number of morpholine rings is 1. The molecule has 2 saturated carbocycles. The molecule has 2 aliphatic carbocycles. The van der Waals surface area contributed by atoms with E-state index in [0.717, 1.165) is 38.1 Å². The van der Waals surface area contributed by atoms with Crippen LogP contribution in [0, 0.1) is 5.92 Å². The van der Waals surface area contributed by atoms with Crippen molar-refractivity contribution in [3.63, 3.8) is 0 Å². The summed E-state index contributed by atoms with van der Waals surface area (Å²) in [6.45, 7) is 3.52. The van der Waals surface area contributed by atoms with Crippen LogP contribution >= 0.6 is 0 Å². The smallest absolute Gasteiger partial charge is 0.296 e. The van der Waals surface area contributed by atoms with Gasteiger partial charge in [0.05, 0.1) is 30.8 Å². The van der Waals surface area contributed by atoms with Gasteiger partial charge in [-0.05, 0) is 63.1 Å². The molecule has 40 heavy (non-hydrogen) atoms. The van der Waals surface area contributed by atoms with Crippen molar-refractivity contribution in [3.05, 3.63) is 36.2 Å². The third-order valence-corrected chi connectivity index (χ3v) is 7.72. The molecule has 6 rings (SSSR count). The maximum absolute atomic E-state index is 14.1. The number of imidazole rings is 1. The van der Waals surface area contributed by atoms with E-state index in [9.17, 15) is 13.6 Å². The van der Waals surface area contributed by atoms with Gasteiger partial charge in [0.1, 0.15) is 11.9 Å². The van der Waals surface area contributed by atoms with E-state index in [4.69, 9.17) is 9.47 Å². The highest BCUT2D eigenvalue weighted by atomic mass is 19.3. The lowest BCUT2D eigenvalue weighted by Crippen LogP contribution is -2.43. The van der Waals surface area contributed by atoms with Gasteiger partial charge in [-0.3, -0.25) is 9.36 Å². The van der Waals surface area contributed by atoms with E-state index in [-0.39, 0.29) is 29.7 Å². The second-order valence-corrected chi connectivity index (χ2v) is 10.8. The Kier molecular flexibility index (Phi) is 8.05. The fraction of sp³-hybridized carbons (Fsp3) is 0.571. The zero-order valence-electron chi connectivity index (χ0n) is 22.4. The van der Waals surface area contributed by atoms with Crippen LogP contribution in [-0.2, 0) is 9.53 Å². The Bertz CT molecular complexity index is 1320. The van der Waals surface area contributed by atoms with E-state index >= 15 is 0 Å². The normalized spacial score (nSPS) is 21.6. The van der Waals surface area contributed by atoms with Crippen molar-refractivity contribution in [1.29, 1.82) is 0 Å². The van der Waals surface area contributed by atoms with Crippen molar-refractivity contribution < 1.29 is 23.0 Å². The van der Waals surface area contributed by atoms with Crippen molar-refractivity contribution in [3.8, 4) is 11.7 Å². The fourth-order valence-electron chi connectivity index (χ4n) is 5.40. The number of benzene rings is 1. The molecular weight excluding hydrogens is 520 g/mol. The van der Waals surface area contributed by atoms with E-state index < -0.39 is 6.43 Å². The number of hydrogen-bond donors (Lipinski definition) is 2. The lowest BCUT2D eigenvalue weighted by Gasteiger charge is -2.30. The first-order valence-corrected chi connectivity index (χ1v) is 14.2. The molecule has 12 heteroatoms. The first-order chi connectivity index (χ1) is 19.5. The lowest BCUT2D eigenvalue weighted by atomic mass is 9.93. The number of aromatic nitrogens is 4. The molecule has 1 aliphatic heterocycles. The number of halogens is 2. The monoisotopic (exact) mass is 555 g/mol. The third kappa shape index (κ3) is 6.33. The van der Waals surface area contributed by atoms with Crippen LogP contribution in [0.3, 0.4) is 0 Å². The number of nitrogens with zero attached hydrogens (tertiary/aromatic N) is 5. The number of nitrogens with one attached hydrogen (secondary N) is 2. The molecule has 1 aromatic carbocycles. The second kappa shape index (κ2) is 12.0. The second-order valence-electron chi connectivity index (χ2n) is 10.8. The first kappa shape index (κ1) is 26.8. The summed E-state index contributed by atoms with van der Waals surface area (Å²) in [7, 11) is 0. The molecular formula is C28H35F2N7O3. The molecule has 0 bridgehead atoms. The van der Waals surface area contributed by atoms with Crippen LogP contribution in [0.2, 0.25) is 0 Å². The maximum atomic E-state index is 14.1. The quantitative estimate of drug-likeness (QED) is 0.392. The van der Waals surface area contributed by atoms with E-state index in [1.54, 1.807) is 30.3 Å². The van der Waals surface area contributed by atoms with Crippen LogP contribution in [0.1, 0.15) is 50.8 Å². The zero-order chi connectivity index (χ0) is 27.5. The number of hydrogen-bond acceptors (Lipinski definition) is 8. The van der Waals surface area contributed by atoms with Crippen LogP contribution in [-0.4, -0.2) is 77.0 Å². The van der Waals surface area contributed by atoms with E-state index in [0.29, 0.717) is 55.7 Å². The van der Waals surface area contributed by atoms with Gasteiger partial charge >= 0.3 is 0 Å². The average molecular weight is 556 g/mol. The molecule has 1 saturated heterocycles. The highest BCUT2D eigenvalue weighted by molar-refractivity contribution is 5.78. The third-order valence-electron chi connectivity index (χ3n) is 7.72. The maximum Gasteiger partial charge on any atom is 0.296 e. The molecule has 3 fully saturated rings. The van der Waals surface area contributed by atoms with E-state index in [2.05, 4.69) is 25.6 Å². The Morgan fingerprint density at radius 1 is 1.05 bits per heavy atom. The summed E-state index contributed by atoms with van der Waals surface area (Å²) >= 11 is 0. The molecule has 0 spiro atoms. The van der Waals surface area contributed by atoms with Gasteiger partial charge in [-0.2, -0.15) is 9.97 Å². The van der Waals surface area contributed by atoms with Crippen LogP contribution in [0.15, 0.2) is 30.3 Å². The van der Waals surface area contributed by atoms with E-state index in [1.165, 1.54) is 17.4 Å². The number of ether oxygens (including phenoxy) is 2. The number of rotatable bonds is 10. The Balaban J connectivity index is 1.18. The average Bonchev–Trinajstić information content (AvgIpc) is 3.71. The molecule has 0 atom stereocenters. The predicted molar refractivity (Wildman–Crippen MR) is 145 cm³/mol. The highest BCUT2D eigenvalue weighted by Crippen LogP contribution is 2.31. The summed E-state index contributed by atoms with van der Waals surface area (Å²) in [5.41, 5.74) is 1.01. The van der Waals surface area contributed by atoms with Crippen LogP contribution in [0.4, 0.5) is 14.7 Å². The summed E-state index contributed by atoms with van der Waals surface area (Å²) in [6.07, 6.45) is 2.73. The first-order valence-electron chi connectivity index (χ1n) is 14.2. The summed E-state index contributed by atoms with van der Waals surface area (Å²) in [4.78, 5) is 27.8. The number of para-hydroxylation sites is 2. The van der Waals surface area contributed by atoms with Gasteiger partial charge in [-0.1, -0.05) is 12.1 Å². The summed E-state index contributed by atoms with van der Waals surface area (Å²) in [5.74, 6) is 1.43. The standard InChI is InChI=1S/C28H35F2N7O3/c29-26(30)27-33-21-3-1-2-4-22(21)37(27)23-15-25(35-28(34-23)36-11-13-39-14-12-36)40-20-9-7-19(8-10-20)32-24(38)17-31-16-18-5-6-18/h1-4,15,18-20,26,31H,5-14,16-17H2,(H,32,38). The molecule has 3 heterocycles. The lowest BCUT2D eigenvalue weighted by molar-refractivity contribution is -0.121. The van der Waals surface area contributed by atoms with Crippen LogP contribution in [0.5, 0.6) is 5.88 Å². The minimum Gasteiger partial charge on any atom is -0.474 e. The molecule has 2 N–H and O–H groups in total. The van der Waals surface area contributed by atoms with Crippen molar-refractivity contribution >= 4 is 22.9 Å². The van der Waals surface area contributed by atoms with Crippen molar-refractivity contribution in [2.45, 2.75) is 57.1 Å². The fourth-order valence-corrected chi connectivity index (χ4v) is 5.40. The van der Waals surface area contributed by atoms with Crippen LogP contribution < -0.4 is 20.3 Å².